The van der Waals surface area contributed by atoms with Gasteiger partial charge in [-0.15, -0.1) is 0 Å². The number of nitrogens with one attached hydrogen (secondary N) is 1. The Hall–Kier alpha value is -0.850. The summed E-state index contributed by atoms with van der Waals surface area (Å²) in [6.07, 6.45) is 0. The highest BCUT2D eigenvalue weighted by Crippen LogP contribution is 2.35. The number of benzene rings is 1. The molecule has 1 N–H and O–H groups in total. The summed E-state index contributed by atoms with van der Waals surface area (Å²) in [5, 5.41) is 3.13. The number of furan rings is 1. The first-order valence-corrected chi connectivity index (χ1v) is 7.10. The third kappa shape index (κ3) is 3.01. The van der Waals surface area contributed by atoms with Crippen LogP contribution in [-0.2, 0) is 0 Å². The predicted molar refractivity (Wildman–Crippen MR) is 78.0 cm³/mol. The standard InChI is InChI=1S/C13H12Br2FNO2/c1-17-13(10-3-4-12(15)19-10)7-5-8(14)9(16)6-11(7)18-2/h3-6,13,17H,1-2H3. The van der Waals surface area contributed by atoms with Crippen molar-refractivity contribution in [3.05, 3.63) is 50.5 Å². The van der Waals surface area contributed by atoms with E-state index in [-0.39, 0.29) is 11.9 Å². The first-order chi connectivity index (χ1) is 9.06. The van der Waals surface area contributed by atoms with Crippen molar-refractivity contribution in [1.82, 2.24) is 5.32 Å². The zero-order valence-electron chi connectivity index (χ0n) is 10.3. The molecule has 19 heavy (non-hydrogen) atoms. The van der Waals surface area contributed by atoms with E-state index >= 15 is 0 Å². The quantitative estimate of drug-likeness (QED) is 0.843. The lowest BCUT2D eigenvalue weighted by Crippen LogP contribution is -2.18. The number of ether oxygens (including phenoxy) is 1. The maximum atomic E-state index is 13.5. The summed E-state index contributed by atoms with van der Waals surface area (Å²) >= 11 is 6.46. The van der Waals surface area contributed by atoms with Gasteiger partial charge in [0.05, 0.1) is 17.6 Å². The zero-order chi connectivity index (χ0) is 14.0. The van der Waals surface area contributed by atoms with Crippen LogP contribution in [0.2, 0.25) is 0 Å². The van der Waals surface area contributed by atoms with Gasteiger partial charge in [0.1, 0.15) is 17.3 Å². The van der Waals surface area contributed by atoms with Gasteiger partial charge in [0.2, 0.25) is 0 Å². The Kier molecular flexibility index (Phi) is 4.65. The minimum absolute atomic E-state index is 0.224. The molecule has 1 heterocycles. The molecule has 1 unspecified atom stereocenters. The van der Waals surface area contributed by atoms with Gasteiger partial charge in [-0.05, 0) is 57.1 Å². The molecule has 1 atom stereocenters. The van der Waals surface area contributed by atoms with Crippen molar-refractivity contribution in [3.63, 3.8) is 0 Å². The van der Waals surface area contributed by atoms with E-state index in [1.165, 1.54) is 13.2 Å². The topological polar surface area (TPSA) is 34.4 Å². The van der Waals surface area contributed by atoms with Gasteiger partial charge in [0, 0.05) is 11.6 Å². The van der Waals surface area contributed by atoms with E-state index < -0.39 is 0 Å². The van der Waals surface area contributed by atoms with Crippen LogP contribution < -0.4 is 10.1 Å². The summed E-state index contributed by atoms with van der Waals surface area (Å²) in [5.74, 6) is 0.815. The molecule has 2 aromatic rings. The fraction of sp³-hybridized carbons (Fsp3) is 0.231. The SMILES string of the molecule is CNC(c1ccc(Br)o1)c1cc(Br)c(F)cc1OC. The first kappa shape index (κ1) is 14.6. The van der Waals surface area contributed by atoms with Crippen LogP contribution >= 0.6 is 31.9 Å². The summed E-state index contributed by atoms with van der Waals surface area (Å²) < 4.78 is 25.4. The van der Waals surface area contributed by atoms with Crippen LogP contribution in [0.3, 0.4) is 0 Å². The Morgan fingerprint density at radius 3 is 2.58 bits per heavy atom. The van der Waals surface area contributed by atoms with Crippen LogP contribution in [0.4, 0.5) is 4.39 Å². The van der Waals surface area contributed by atoms with Gasteiger partial charge in [0.25, 0.3) is 0 Å². The fourth-order valence-electron chi connectivity index (χ4n) is 1.88. The van der Waals surface area contributed by atoms with Crippen molar-refractivity contribution < 1.29 is 13.5 Å². The number of hydrogen-bond acceptors (Lipinski definition) is 3. The summed E-state index contributed by atoms with van der Waals surface area (Å²) in [6.45, 7) is 0. The van der Waals surface area contributed by atoms with E-state index in [4.69, 9.17) is 9.15 Å². The van der Waals surface area contributed by atoms with E-state index in [1.54, 1.807) is 13.1 Å². The molecule has 0 bridgehead atoms. The second-order valence-electron chi connectivity index (χ2n) is 3.87. The van der Waals surface area contributed by atoms with Gasteiger partial charge in [0.15, 0.2) is 4.67 Å². The molecule has 0 saturated carbocycles. The van der Waals surface area contributed by atoms with Crippen LogP contribution in [0.25, 0.3) is 0 Å². The molecular weight excluding hydrogens is 381 g/mol. The smallest absolute Gasteiger partial charge is 0.169 e. The molecule has 0 spiro atoms. The lowest BCUT2D eigenvalue weighted by atomic mass is 10.0. The minimum atomic E-state index is -0.365. The van der Waals surface area contributed by atoms with Crippen LogP contribution in [-0.4, -0.2) is 14.2 Å². The molecule has 102 valence electrons. The van der Waals surface area contributed by atoms with Crippen molar-refractivity contribution >= 4 is 31.9 Å². The summed E-state index contributed by atoms with van der Waals surface area (Å²) in [5.41, 5.74) is 0.792. The molecule has 0 aliphatic carbocycles. The van der Waals surface area contributed by atoms with E-state index in [0.29, 0.717) is 20.7 Å². The van der Waals surface area contributed by atoms with Gasteiger partial charge in [-0.25, -0.2) is 4.39 Å². The van der Waals surface area contributed by atoms with Crippen LogP contribution in [0.1, 0.15) is 17.4 Å². The monoisotopic (exact) mass is 391 g/mol. The lowest BCUT2D eigenvalue weighted by Gasteiger charge is -2.18. The molecule has 0 radical (unpaired) electrons. The van der Waals surface area contributed by atoms with Crippen LogP contribution in [0, 0.1) is 5.82 Å². The van der Waals surface area contributed by atoms with Gasteiger partial charge in [-0.2, -0.15) is 0 Å². The average Bonchev–Trinajstić information content (AvgIpc) is 2.81. The summed E-state index contributed by atoms with van der Waals surface area (Å²) in [7, 11) is 3.31. The van der Waals surface area contributed by atoms with Crippen molar-refractivity contribution in [2.24, 2.45) is 0 Å². The third-order valence-electron chi connectivity index (χ3n) is 2.75. The molecule has 2 rings (SSSR count). The normalized spacial score (nSPS) is 12.5. The molecule has 6 heteroatoms. The molecule has 1 aromatic heterocycles. The molecule has 0 aliphatic heterocycles. The number of hydrogen-bond donors (Lipinski definition) is 1. The molecule has 0 fully saturated rings. The number of halogens is 3. The molecule has 0 amide bonds. The molecule has 1 aromatic carbocycles. The highest BCUT2D eigenvalue weighted by Gasteiger charge is 2.21. The van der Waals surface area contributed by atoms with Crippen molar-refractivity contribution in [3.8, 4) is 5.75 Å². The Labute approximate surface area is 127 Å². The highest BCUT2D eigenvalue weighted by molar-refractivity contribution is 9.10. The second-order valence-corrected chi connectivity index (χ2v) is 5.51. The summed E-state index contributed by atoms with van der Waals surface area (Å²) in [4.78, 5) is 0. The lowest BCUT2D eigenvalue weighted by molar-refractivity contribution is 0.391. The van der Waals surface area contributed by atoms with Gasteiger partial charge < -0.3 is 14.5 Å². The Morgan fingerprint density at radius 2 is 2.05 bits per heavy atom. The van der Waals surface area contributed by atoms with E-state index in [2.05, 4.69) is 37.2 Å². The summed E-state index contributed by atoms with van der Waals surface area (Å²) in [6, 6.07) is 6.47. The van der Waals surface area contributed by atoms with Crippen LogP contribution in [0.15, 0.2) is 37.8 Å². The number of rotatable bonds is 4. The maximum absolute atomic E-state index is 13.5. The van der Waals surface area contributed by atoms with Crippen molar-refractivity contribution in [2.75, 3.05) is 14.2 Å². The van der Waals surface area contributed by atoms with Crippen LogP contribution in [0.5, 0.6) is 5.75 Å². The van der Waals surface area contributed by atoms with Crippen molar-refractivity contribution in [1.29, 1.82) is 0 Å². The Balaban J connectivity index is 2.51. The van der Waals surface area contributed by atoms with Crippen molar-refractivity contribution in [2.45, 2.75) is 6.04 Å². The van der Waals surface area contributed by atoms with E-state index in [1.807, 2.05) is 12.1 Å². The average molecular weight is 393 g/mol. The Morgan fingerprint density at radius 1 is 1.32 bits per heavy atom. The number of methoxy groups -OCH3 is 1. The van der Waals surface area contributed by atoms with E-state index in [9.17, 15) is 4.39 Å². The predicted octanol–water partition coefficient (Wildman–Crippen LogP) is 4.26. The second kappa shape index (κ2) is 6.07. The largest absolute Gasteiger partial charge is 0.496 e. The molecule has 3 nitrogen and oxygen atoms in total. The Bertz CT molecular complexity index is 586. The van der Waals surface area contributed by atoms with Gasteiger partial charge in [-0.1, -0.05) is 0 Å². The fourth-order valence-corrected chi connectivity index (χ4v) is 2.56. The maximum Gasteiger partial charge on any atom is 0.169 e. The third-order valence-corrected chi connectivity index (χ3v) is 3.78. The zero-order valence-corrected chi connectivity index (χ0v) is 13.5. The first-order valence-electron chi connectivity index (χ1n) is 5.52. The van der Waals surface area contributed by atoms with Gasteiger partial charge >= 0.3 is 0 Å². The minimum Gasteiger partial charge on any atom is -0.496 e. The highest BCUT2D eigenvalue weighted by atomic mass is 79.9. The molecule has 0 saturated heterocycles. The van der Waals surface area contributed by atoms with E-state index in [0.717, 1.165) is 5.56 Å². The molecule has 0 aliphatic rings. The molecular formula is C13H12Br2FNO2. The van der Waals surface area contributed by atoms with Gasteiger partial charge in [-0.3, -0.25) is 0 Å².